The Morgan fingerprint density at radius 1 is 1.15 bits per heavy atom. The number of carboxylic acid groups (broad SMARTS) is 1. The summed E-state index contributed by atoms with van der Waals surface area (Å²) in [6.45, 7) is 0.267. The Hall–Kier alpha value is -2.63. The van der Waals surface area contributed by atoms with Gasteiger partial charge < -0.3 is 16.2 Å². The fourth-order valence-electron chi connectivity index (χ4n) is 1.72. The highest BCUT2D eigenvalue weighted by Gasteiger charge is 2.08. The van der Waals surface area contributed by atoms with Crippen LogP contribution in [0.3, 0.4) is 0 Å². The zero-order valence-electron chi connectivity index (χ0n) is 10.4. The molecule has 0 amide bonds. The molecule has 0 heterocycles. The van der Waals surface area contributed by atoms with Gasteiger partial charge in [-0.3, -0.25) is 0 Å². The first-order valence-corrected chi connectivity index (χ1v) is 5.78. The van der Waals surface area contributed by atoms with Crippen molar-refractivity contribution in [2.24, 2.45) is 0 Å². The molecule has 0 aliphatic rings. The Bertz CT molecular complexity index is 660. The second-order valence-corrected chi connectivity index (χ2v) is 4.21. The number of carbonyl (C=O) groups is 1. The number of anilines is 2. The highest BCUT2D eigenvalue weighted by molar-refractivity contribution is 5.94. The number of benzene rings is 2. The van der Waals surface area contributed by atoms with E-state index in [0.29, 0.717) is 11.3 Å². The topological polar surface area (TPSA) is 75.3 Å². The fourth-order valence-corrected chi connectivity index (χ4v) is 1.72. The van der Waals surface area contributed by atoms with Crippen LogP contribution in [0, 0.1) is 11.6 Å². The fraction of sp³-hybridized carbons (Fsp3) is 0.0714. The summed E-state index contributed by atoms with van der Waals surface area (Å²) in [5.41, 5.74) is 6.91. The second-order valence-electron chi connectivity index (χ2n) is 4.21. The van der Waals surface area contributed by atoms with Gasteiger partial charge in [-0.2, -0.15) is 0 Å². The van der Waals surface area contributed by atoms with Crippen molar-refractivity contribution < 1.29 is 18.7 Å². The highest BCUT2D eigenvalue weighted by atomic mass is 19.2. The number of rotatable bonds is 4. The van der Waals surface area contributed by atoms with E-state index in [1.165, 1.54) is 18.2 Å². The Morgan fingerprint density at radius 3 is 2.50 bits per heavy atom. The van der Waals surface area contributed by atoms with E-state index in [1.807, 2.05) is 0 Å². The molecule has 4 N–H and O–H groups in total. The lowest BCUT2D eigenvalue weighted by Gasteiger charge is -2.09. The Balaban J connectivity index is 2.09. The summed E-state index contributed by atoms with van der Waals surface area (Å²) in [4.78, 5) is 10.8. The number of carboxylic acids is 1. The van der Waals surface area contributed by atoms with Crippen molar-refractivity contribution >= 4 is 17.3 Å². The maximum atomic E-state index is 13.0. The number of nitrogens with two attached hydrogens (primary N) is 1. The van der Waals surface area contributed by atoms with Crippen LogP contribution >= 0.6 is 0 Å². The van der Waals surface area contributed by atoms with Gasteiger partial charge in [0.15, 0.2) is 11.6 Å². The molecule has 0 atom stereocenters. The predicted octanol–water partition coefficient (Wildman–Crippen LogP) is 2.86. The van der Waals surface area contributed by atoms with E-state index < -0.39 is 17.6 Å². The van der Waals surface area contributed by atoms with Crippen LogP contribution in [0.25, 0.3) is 0 Å². The lowest BCUT2D eigenvalue weighted by atomic mass is 10.1. The molecule has 0 fully saturated rings. The summed E-state index contributed by atoms with van der Waals surface area (Å²) in [6, 6.07) is 8.01. The number of nitrogens with one attached hydrogen (secondary N) is 1. The molecule has 2 aromatic rings. The average molecular weight is 278 g/mol. The van der Waals surface area contributed by atoms with Gasteiger partial charge in [0.05, 0.1) is 5.56 Å². The molecule has 0 aliphatic heterocycles. The van der Waals surface area contributed by atoms with Gasteiger partial charge in [0, 0.05) is 17.9 Å². The standard InChI is InChI=1S/C14H12F2N2O2/c15-11-4-1-8(5-12(11)16)7-18-9-2-3-10(14(19)20)13(17)6-9/h1-6,18H,7,17H2,(H,19,20). The summed E-state index contributed by atoms with van der Waals surface area (Å²) >= 11 is 0. The smallest absolute Gasteiger partial charge is 0.337 e. The number of aromatic carboxylic acids is 1. The van der Waals surface area contributed by atoms with Gasteiger partial charge >= 0.3 is 5.97 Å². The number of halogens is 2. The van der Waals surface area contributed by atoms with Crippen molar-refractivity contribution in [2.75, 3.05) is 11.1 Å². The average Bonchev–Trinajstić information content (AvgIpc) is 2.40. The van der Waals surface area contributed by atoms with Gasteiger partial charge in [0.1, 0.15) is 0 Å². The summed E-state index contributed by atoms with van der Waals surface area (Å²) < 4.78 is 25.8. The molecule has 0 saturated heterocycles. The van der Waals surface area contributed by atoms with Gasteiger partial charge in [0.25, 0.3) is 0 Å². The first kappa shape index (κ1) is 13.8. The molecular weight excluding hydrogens is 266 g/mol. The van der Waals surface area contributed by atoms with E-state index in [2.05, 4.69) is 5.32 Å². The second kappa shape index (κ2) is 5.56. The van der Waals surface area contributed by atoms with Crippen molar-refractivity contribution in [3.8, 4) is 0 Å². The molecule has 0 unspecified atom stereocenters. The summed E-state index contributed by atoms with van der Waals surface area (Å²) in [6.07, 6.45) is 0. The van der Waals surface area contributed by atoms with Gasteiger partial charge in [0.2, 0.25) is 0 Å². The van der Waals surface area contributed by atoms with E-state index in [-0.39, 0.29) is 17.8 Å². The van der Waals surface area contributed by atoms with Crippen LogP contribution in [0.1, 0.15) is 15.9 Å². The van der Waals surface area contributed by atoms with Gasteiger partial charge in [-0.1, -0.05) is 6.07 Å². The summed E-state index contributed by atoms with van der Waals surface area (Å²) in [5.74, 6) is -2.91. The molecule has 0 saturated carbocycles. The van der Waals surface area contributed by atoms with E-state index in [9.17, 15) is 13.6 Å². The van der Waals surface area contributed by atoms with E-state index >= 15 is 0 Å². The summed E-state index contributed by atoms with van der Waals surface area (Å²) in [5, 5.41) is 11.8. The van der Waals surface area contributed by atoms with Crippen LogP contribution in [0.15, 0.2) is 36.4 Å². The monoisotopic (exact) mass is 278 g/mol. The minimum Gasteiger partial charge on any atom is -0.478 e. The molecule has 6 heteroatoms. The Labute approximate surface area is 113 Å². The van der Waals surface area contributed by atoms with Gasteiger partial charge in [-0.05, 0) is 35.9 Å². The molecule has 0 bridgehead atoms. The lowest BCUT2D eigenvalue weighted by Crippen LogP contribution is -2.05. The first-order valence-electron chi connectivity index (χ1n) is 5.78. The van der Waals surface area contributed by atoms with Crippen molar-refractivity contribution in [3.05, 3.63) is 59.2 Å². The maximum Gasteiger partial charge on any atom is 0.337 e. The van der Waals surface area contributed by atoms with Crippen LogP contribution in [0.4, 0.5) is 20.2 Å². The zero-order chi connectivity index (χ0) is 14.7. The van der Waals surface area contributed by atoms with Crippen molar-refractivity contribution in [3.63, 3.8) is 0 Å². The third kappa shape index (κ3) is 3.03. The van der Waals surface area contributed by atoms with Crippen LogP contribution in [0.5, 0.6) is 0 Å². The zero-order valence-corrected chi connectivity index (χ0v) is 10.4. The number of hydrogen-bond acceptors (Lipinski definition) is 3. The first-order chi connectivity index (χ1) is 9.47. The molecule has 0 radical (unpaired) electrons. The summed E-state index contributed by atoms with van der Waals surface area (Å²) in [7, 11) is 0. The maximum absolute atomic E-state index is 13.0. The van der Waals surface area contributed by atoms with Gasteiger partial charge in [-0.25, -0.2) is 13.6 Å². The van der Waals surface area contributed by atoms with Crippen molar-refractivity contribution in [1.29, 1.82) is 0 Å². The van der Waals surface area contributed by atoms with Crippen LogP contribution in [-0.4, -0.2) is 11.1 Å². The minimum absolute atomic E-state index is 0.0170. The SMILES string of the molecule is Nc1cc(NCc2ccc(F)c(F)c2)ccc1C(=O)O. The number of hydrogen-bond donors (Lipinski definition) is 3. The van der Waals surface area contributed by atoms with Crippen molar-refractivity contribution in [1.82, 2.24) is 0 Å². The quantitative estimate of drug-likeness (QED) is 0.752. The largest absolute Gasteiger partial charge is 0.478 e. The molecule has 2 rings (SSSR count). The molecular formula is C14H12F2N2O2. The number of nitrogen functional groups attached to an aromatic ring is 1. The molecule has 2 aromatic carbocycles. The van der Waals surface area contributed by atoms with Crippen LogP contribution in [-0.2, 0) is 6.54 Å². The third-order valence-corrected chi connectivity index (χ3v) is 2.76. The van der Waals surface area contributed by atoms with E-state index in [0.717, 1.165) is 12.1 Å². The van der Waals surface area contributed by atoms with E-state index in [1.54, 1.807) is 6.07 Å². The van der Waals surface area contributed by atoms with Crippen LogP contribution < -0.4 is 11.1 Å². The highest BCUT2D eigenvalue weighted by Crippen LogP contribution is 2.19. The predicted molar refractivity (Wildman–Crippen MR) is 71.5 cm³/mol. The van der Waals surface area contributed by atoms with Gasteiger partial charge in [-0.15, -0.1) is 0 Å². The third-order valence-electron chi connectivity index (χ3n) is 2.76. The lowest BCUT2D eigenvalue weighted by molar-refractivity contribution is 0.0698. The normalized spacial score (nSPS) is 10.3. The minimum atomic E-state index is -1.10. The van der Waals surface area contributed by atoms with Crippen molar-refractivity contribution in [2.45, 2.75) is 6.54 Å². The molecule has 0 aromatic heterocycles. The molecule has 104 valence electrons. The van der Waals surface area contributed by atoms with Crippen LogP contribution in [0.2, 0.25) is 0 Å². The Kier molecular flexibility index (Phi) is 3.84. The Morgan fingerprint density at radius 2 is 1.90 bits per heavy atom. The molecule has 20 heavy (non-hydrogen) atoms. The molecule has 0 spiro atoms. The molecule has 4 nitrogen and oxygen atoms in total. The van der Waals surface area contributed by atoms with E-state index in [4.69, 9.17) is 10.8 Å². The molecule has 0 aliphatic carbocycles.